The maximum Gasteiger partial charge on any atom is 1.00 e. The second-order valence-corrected chi connectivity index (χ2v) is 9.11. The van der Waals surface area contributed by atoms with E-state index in [2.05, 4.69) is 24.8 Å². The molecule has 4 unspecified atom stereocenters. The average molecular weight is 493 g/mol. The quantitative estimate of drug-likeness (QED) is 0.134. The summed E-state index contributed by atoms with van der Waals surface area (Å²) in [4.78, 5) is 39.7. The molecule has 3 aliphatic rings. The van der Waals surface area contributed by atoms with Gasteiger partial charge in [0.15, 0.2) is 0 Å². The minimum Gasteiger partial charge on any atom is -0.851 e. The third-order valence-electron chi connectivity index (χ3n) is 4.32. The van der Waals surface area contributed by atoms with Crippen LogP contribution in [0.3, 0.4) is 0 Å². The molecule has 3 aliphatic heterocycles. The van der Waals surface area contributed by atoms with Crippen LogP contribution in [0.25, 0.3) is 0 Å². The van der Waals surface area contributed by atoms with E-state index in [1.54, 1.807) is 0 Å². The number of rotatable bonds is 6. The average Bonchev–Trinajstić information content (AvgIpc) is 3.06. The summed E-state index contributed by atoms with van der Waals surface area (Å²) in [6.45, 7) is -0.897. The molecule has 0 bridgehead atoms. The number of ether oxygens (including phenoxy) is 1. The van der Waals surface area contributed by atoms with E-state index in [0.29, 0.717) is 0 Å². The maximum atomic E-state index is 12.4. The van der Waals surface area contributed by atoms with Crippen molar-refractivity contribution in [2.24, 2.45) is 5.73 Å². The summed E-state index contributed by atoms with van der Waals surface area (Å²) in [6.07, 6.45) is -8.21. The Morgan fingerprint density at radius 2 is 1.87 bits per heavy atom. The normalized spacial score (nSPS) is 38.7. The van der Waals surface area contributed by atoms with Gasteiger partial charge in [-0.05, 0) is 0 Å². The van der Waals surface area contributed by atoms with E-state index in [4.69, 9.17) is 20.3 Å². The zero-order valence-electron chi connectivity index (χ0n) is 16.0. The van der Waals surface area contributed by atoms with Crippen molar-refractivity contribution >= 4 is 21.6 Å². The van der Waals surface area contributed by atoms with Gasteiger partial charge in [-0.3, -0.25) is 25.7 Å². The molecule has 0 saturated carbocycles. The fourth-order valence-corrected chi connectivity index (χ4v) is 4.78. The van der Waals surface area contributed by atoms with Gasteiger partial charge in [-0.25, -0.2) is 14.0 Å². The number of hydrogen-bond acceptors (Lipinski definition) is 12. The van der Waals surface area contributed by atoms with Gasteiger partial charge in [0.05, 0.1) is 31.8 Å². The number of fused-ring (bicyclic) bond motifs is 1. The molecule has 20 heteroatoms. The van der Waals surface area contributed by atoms with Crippen molar-refractivity contribution in [1.29, 1.82) is 0 Å². The molecule has 8 N–H and O–H groups in total. The Morgan fingerprint density at radius 1 is 1.23 bits per heavy atom. The van der Waals surface area contributed by atoms with Crippen LogP contribution in [0.4, 0.5) is 0 Å². The number of nitrogens with one attached hydrogen (secondary N) is 3. The molecule has 0 aromatic heterocycles. The molecule has 3 fully saturated rings. The Hall–Kier alpha value is 1.45. The van der Waals surface area contributed by atoms with Crippen molar-refractivity contribution in [3.8, 4) is 0 Å². The fourth-order valence-electron chi connectivity index (χ4n) is 3.18. The Kier molecular flexibility index (Phi) is 11.1. The van der Waals surface area contributed by atoms with Gasteiger partial charge in [-0.2, -0.15) is 4.31 Å². The standard InChI is InChI=1S/C10H19N5O11P2.2Na/c11-10-13-7-4(8(18)14-10)12-2-15(7)9-6(17)5(16)3(25-9)1-24-28(22,23)26-27(19,20)21;;/h3-7,9-10,12-13H,1-2,11H2,(H,14,18)(H,22,23)(H2,19,20,21);;/q-2;2*+1/t3-,4?,5-,6-,7?,9-,10?;;/m1../s1. The van der Waals surface area contributed by atoms with Crippen molar-refractivity contribution in [1.82, 2.24) is 20.9 Å². The van der Waals surface area contributed by atoms with Crippen LogP contribution in [0.15, 0.2) is 0 Å². The third-order valence-corrected chi connectivity index (χ3v) is 6.47. The minimum atomic E-state index is -5.33. The van der Waals surface area contributed by atoms with E-state index in [1.165, 1.54) is 4.90 Å². The molecule has 1 amide bonds. The topological polar surface area (TPSA) is 251 Å². The Balaban J connectivity index is 0.00000225. The number of phosphoric acid groups is 2. The zero-order valence-corrected chi connectivity index (χ0v) is 21.8. The fraction of sp³-hybridized carbons (Fsp3) is 0.900. The molecule has 30 heavy (non-hydrogen) atoms. The molecular weight excluding hydrogens is 474 g/mol. The molecule has 0 radical (unpaired) electrons. The second-order valence-electron chi connectivity index (χ2n) is 6.28. The molecule has 3 saturated heterocycles. The monoisotopic (exact) mass is 493 g/mol. The molecule has 16 nitrogen and oxygen atoms in total. The Labute approximate surface area is 214 Å². The van der Waals surface area contributed by atoms with Gasteiger partial charge in [0.1, 0.15) is 12.3 Å². The van der Waals surface area contributed by atoms with Gasteiger partial charge in [0, 0.05) is 0 Å². The number of nitrogens with zero attached hydrogens (tertiary/aromatic N) is 1. The van der Waals surface area contributed by atoms with Gasteiger partial charge < -0.3 is 34.9 Å². The number of hydrogen-bond donors (Lipinski definition) is 7. The summed E-state index contributed by atoms with van der Waals surface area (Å²) in [6, 6.07) is -0.745. The molecule has 162 valence electrons. The van der Waals surface area contributed by atoms with Crippen LogP contribution in [0.2, 0.25) is 0 Å². The number of carbonyl (C=O) groups excluding carboxylic acids is 1. The van der Waals surface area contributed by atoms with E-state index >= 15 is 0 Å². The number of carbonyl (C=O) groups is 1. The van der Waals surface area contributed by atoms with E-state index in [1.807, 2.05) is 0 Å². The van der Waals surface area contributed by atoms with Crippen molar-refractivity contribution in [3.05, 3.63) is 0 Å². The first kappa shape index (κ1) is 29.5. The summed E-state index contributed by atoms with van der Waals surface area (Å²) in [5.41, 5.74) is 5.64. The number of amides is 1. The largest absolute Gasteiger partial charge is 1.00 e. The van der Waals surface area contributed by atoms with E-state index < -0.39 is 71.2 Å². The van der Waals surface area contributed by atoms with Gasteiger partial charge in [0.2, 0.25) is 5.91 Å². The van der Waals surface area contributed by atoms with Gasteiger partial charge >= 0.3 is 74.8 Å². The number of phosphoric ester groups is 1. The SMILES string of the molecule is NC1NC(=O)C2NCN([C@@H]3O[C@H](COP(=O)(O)OP(=O)(O)O)[C@@H]([O-])[C@H]3[O-])C2N1.[Na+].[Na+]. The number of nitrogens with two attached hydrogens (primary N) is 1. The molecule has 0 aromatic rings. The molecule has 0 aliphatic carbocycles. The first-order valence-electron chi connectivity index (χ1n) is 7.90. The van der Waals surface area contributed by atoms with Crippen LogP contribution in [0.1, 0.15) is 0 Å². The van der Waals surface area contributed by atoms with Gasteiger partial charge in [-0.1, -0.05) is 6.10 Å². The summed E-state index contributed by atoms with van der Waals surface area (Å²) >= 11 is 0. The smallest absolute Gasteiger partial charge is 0.851 e. The van der Waals surface area contributed by atoms with Crippen molar-refractivity contribution in [3.63, 3.8) is 0 Å². The molecular formula is C10H19N5Na2O11P2. The minimum absolute atomic E-state index is 0. The summed E-state index contributed by atoms with van der Waals surface area (Å²) in [5.74, 6) is -0.409. The summed E-state index contributed by atoms with van der Waals surface area (Å²) < 4.78 is 35.4. The summed E-state index contributed by atoms with van der Waals surface area (Å²) in [7, 11) is -10.5. The predicted molar refractivity (Wildman–Crippen MR) is 81.8 cm³/mol. The maximum absolute atomic E-state index is 12.4. The predicted octanol–water partition coefficient (Wildman–Crippen LogP) is -12.1. The first-order valence-corrected chi connectivity index (χ1v) is 10.9. The molecule has 3 heterocycles. The first-order chi connectivity index (χ1) is 12.9. The molecule has 0 spiro atoms. The summed E-state index contributed by atoms with van der Waals surface area (Å²) in [5, 5.41) is 32.7. The van der Waals surface area contributed by atoms with Crippen LogP contribution in [0.5, 0.6) is 0 Å². The van der Waals surface area contributed by atoms with Gasteiger partial charge in [0.25, 0.3) is 0 Å². The van der Waals surface area contributed by atoms with Crippen LogP contribution >= 0.6 is 15.6 Å². The van der Waals surface area contributed by atoms with Crippen LogP contribution in [-0.4, -0.2) is 81.8 Å². The third kappa shape index (κ3) is 6.98. The van der Waals surface area contributed by atoms with Crippen molar-refractivity contribution in [2.75, 3.05) is 13.3 Å². The molecule has 3 rings (SSSR count). The van der Waals surface area contributed by atoms with Gasteiger partial charge in [-0.15, -0.1) is 6.10 Å². The van der Waals surface area contributed by atoms with E-state index in [9.17, 15) is 29.0 Å². The van der Waals surface area contributed by atoms with E-state index in [-0.39, 0.29) is 65.8 Å². The Morgan fingerprint density at radius 3 is 2.47 bits per heavy atom. The van der Waals surface area contributed by atoms with E-state index in [0.717, 1.165) is 0 Å². The molecule has 8 atom stereocenters. The zero-order chi connectivity index (χ0) is 20.9. The van der Waals surface area contributed by atoms with Crippen LogP contribution in [0, 0.1) is 0 Å². The molecule has 0 aromatic carbocycles. The van der Waals surface area contributed by atoms with Crippen LogP contribution in [-0.2, 0) is 27.5 Å². The second kappa shape index (κ2) is 11.3. The van der Waals surface area contributed by atoms with Crippen molar-refractivity contribution < 1.29 is 112 Å². The van der Waals surface area contributed by atoms with Crippen molar-refractivity contribution in [2.45, 2.75) is 43.0 Å². The Bertz CT molecular complexity index is 718. The van der Waals surface area contributed by atoms with Crippen LogP contribution < -0.4 is 91.0 Å².